The maximum absolute atomic E-state index is 5.07. The van der Waals surface area contributed by atoms with Gasteiger partial charge >= 0.3 is 0 Å². The first-order valence-electron chi connectivity index (χ1n) is 6.51. The molecule has 2 N–H and O–H groups in total. The highest BCUT2D eigenvalue weighted by molar-refractivity contribution is 5.89. The van der Waals surface area contributed by atoms with E-state index in [1.165, 1.54) is 0 Å². The minimum atomic E-state index is 0.534. The maximum Gasteiger partial charge on any atom is 0.225 e. The van der Waals surface area contributed by atoms with Crippen LogP contribution in [0.2, 0.25) is 0 Å². The Morgan fingerprint density at radius 1 is 1.10 bits per heavy atom. The second-order valence-electron chi connectivity index (χ2n) is 4.28. The van der Waals surface area contributed by atoms with Crippen LogP contribution in [0.5, 0.6) is 0 Å². The maximum atomic E-state index is 5.07. The molecule has 0 atom stereocenters. The monoisotopic (exact) mass is 269 g/mol. The van der Waals surface area contributed by atoms with E-state index in [0.717, 1.165) is 29.0 Å². The molecule has 0 fully saturated rings. The third-order valence-electron chi connectivity index (χ3n) is 2.86. The predicted octanol–water partition coefficient (Wildman–Crippen LogP) is 2.66. The molecule has 1 aromatic carbocycles. The Hall–Kier alpha value is -2.63. The summed E-state index contributed by atoms with van der Waals surface area (Å²) in [6.45, 7) is 3.33. The highest BCUT2D eigenvalue weighted by atomic mass is 16.5. The van der Waals surface area contributed by atoms with Gasteiger partial charge in [-0.25, -0.2) is 4.98 Å². The Balaban J connectivity index is 1.94. The van der Waals surface area contributed by atoms with Gasteiger partial charge in [-0.1, -0.05) is 17.3 Å². The summed E-state index contributed by atoms with van der Waals surface area (Å²) < 4.78 is 5.07. The Bertz CT molecular complexity index is 696. The number of anilines is 2. The fraction of sp³-hybridized carbons (Fsp3) is 0.214. The molecule has 6 nitrogen and oxygen atoms in total. The van der Waals surface area contributed by atoms with Crippen LogP contribution >= 0.6 is 0 Å². The zero-order valence-electron chi connectivity index (χ0n) is 11.1. The summed E-state index contributed by atoms with van der Waals surface area (Å²) in [6.07, 6.45) is 1.62. The van der Waals surface area contributed by atoms with Gasteiger partial charge in [0.05, 0.1) is 18.3 Å². The number of nitrogens with zero attached hydrogens (tertiary/aromatic N) is 3. The third kappa shape index (κ3) is 2.54. The molecule has 3 aromatic rings. The summed E-state index contributed by atoms with van der Waals surface area (Å²) >= 11 is 0. The van der Waals surface area contributed by atoms with Crippen LogP contribution in [0.25, 0.3) is 10.9 Å². The van der Waals surface area contributed by atoms with Crippen LogP contribution in [-0.2, 0) is 6.54 Å². The van der Waals surface area contributed by atoms with Crippen molar-refractivity contribution < 1.29 is 4.52 Å². The van der Waals surface area contributed by atoms with E-state index in [2.05, 4.69) is 25.8 Å². The Kier molecular flexibility index (Phi) is 3.45. The smallest absolute Gasteiger partial charge is 0.225 e. The van der Waals surface area contributed by atoms with Crippen molar-refractivity contribution >= 4 is 22.7 Å². The first-order chi connectivity index (χ1) is 9.86. The topological polar surface area (TPSA) is 75.9 Å². The van der Waals surface area contributed by atoms with Crippen molar-refractivity contribution in [3.05, 3.63) is 42.3 Å². The number of benzene rings is 1. The van der Waals surface area contributed by atoms with Crippen molar-refractivity contribution in [1.82, 2.24) is 15.1 Å². The highest BCUT2D eigenvalue weighted by Crippen LogP contribution is 2.22. The molecular weight excluding hydrogens is 254 g/mol. The average molecular weight is 269 g/mol. The SMILES string of the molecule is CCNc1nc(NCc2ccno2)c2ccccc2n1. The summed E-state index contributed by atoms with van der Waals surface area (Å²) in [6, 6.07) is 9.72. The second kappa shape index (κ2) is 5.56. The van der Waals surface area contributed by atoms with Crippen LogP contribution in [0.1, 0.15) is 12.7 Å². The van der Waals surface area contributed by atoms with E-state index in [1.807, 2.05) is 37.3 Å². The number of nitrogens with one attached hydrogen (secondary N) is 2. The van der Waals surface area contributed by atoms with Gasteiger partial charge in [0.15, 0.2) is 5.76 Å². The molecule has 0 spiro atoms. The van der Waals surface area contributed by atoms with Gasteiger partial charge in [0, 0.05) is 18.0 Å². The lowest BCUT2D eigenvalue weighted by atomic mass is 10.2. The van der Waals surface area contributed by atoms with Crippen molar-refractivity contribution in [2.24, 2.45) is 0 Å². The van der Waals surface area contributed by atoms with E-state index < -0.39 is 0 Å². The molecule has 0 radical (unpaired) electrons. The number of fused-ring (bicyclic) bond motifs is 1. The molecule has 0 aliphatic rings. The first-order valence-corrected chi connectivity index (χ1v) is 6.51. The fourth-order valence-electron chi connectivity index (χ4n) is 1.95. The Morgan fingerprint density at radius 3 is 2.80 bits per heavy atom. The van der Waals surface area contributed by atoms with E-state index in [9.17, 15) is 0 Å². The number of hydrogen-bond acceptors (Lipinski definition) is 6. The first kappa shape index (κ1) is 12.4. The van der Waals surface area contributed by atoms with E-state index >= 15 is 0 Å². The van der Waals surface area contributed by atoms with Crippen molar-refractivity contribution in [3.8, 4) is 0 Å². The molecule has 6 heteroatoms. The minimum absolute atomic E-state index is 0.534. The molecule has 0 aliphatic heterocycles. The molecule has 102 valence electrons. The van der Waals surface area contributed by atoms with Crippen molar-refractivity contribution in [3.63, 3.8) is 0 Å². The van der Waals surface area contributed by atoms with Crippen LogP contribution in [0.4, 0.5) is 11.8 Å². The lowest BCUT2D eigenvalue weighted by Gasteiger charge is -2.10. The van der Waals surface area contributed by atoms with Crippen molar-refractivity contribution in [2.45, 2.75) is 13.5 Å². The average Bonchev–Trinajstić information content (AvgIpc) is 2.98. The quantitative estimate of drug-likeness (QED) is 0.741. The molecule has 0 aliphatic carbocycles. The van der Waals surface area contributed by atoms with Crippen molar-refractivity contribution in [1.29, 1.82) is 0 Å². The molecule has 2 aromatic heterocycles. The summed E-state index contributed by atoms with van der Waals surface area (Å²) in [5.74, 6) is 2.16. The van der Waals surface area contributed by atoms with Crippen LogP contribution in [-0.4, -0.2) is 21.7 Å². The molecular formula is C14H15N5O. The summed E-state index contributed by atoms with van der Waals surface area (Å²) in [5, 5.41) is 11.1. The molecule has 2 heterocycles. The van der Waals surface area contributed by atoms with Crippen LogP contribution in [0.3, 0.4) is 0 Å². The lowest BCUT2D eigenvalue weighted by Crippen LogP contribution is -2.07. The standard InChI is InChI=1S/C14H15N5O/c1-2-15-14-18-12-6-4-3-5-11(12)13(19-14)16-9-10-7-8-17-20-10/h3-8H,2,9H2,1H3,(H2,15,16,18,19). The van der Waals surface area contributed by atoms with Gasteiger partial charge in [-0.2, -0.15) is 4.98 Å². The lowest BCUT2D eigenvalue weighted by molar-refractivity contribution is 0.388. The third-order valence-corrected chi connectivity index (χ3v) is 2.86. The van der Waals surface area contributed by atoms with Gasteiger partial charge in [-0.05, 0) is 19.1 Å². The zero-order chi connectivity index (χ0) is 13.8. The molecule has 3 rings (SSSR count). The highest BCUT2D eigenvalue weighted by Gasteiger charge is 2.07. The molecule has 0 saturated heterocycles. The summed E-state index contributed by atoms with van der Waals surface area (Å²) in [4.78, 5) is 8.97. The molecule has 0 amide bonds. The molecule has 20 heavy (non-hydrogen) atoms. The van der Waals surface area contributed by atoms with Gasteiger partial charge in [0.1, 0.15) is 5.82 Å². The second-order valence-corrected chi connectivity index (χ2v) is 4.28. The normalized spacial score (nSPS) is 10.7. The predicted molar refractivity (Wildman–Crippen MR) is 77.5 cm³/mol. The van der Waals surface area contributed by atoms with Crippen molar-refractivity contribution in [2.75, 3.05) is 17.2 Å². The Labute approximate surface area is 116 Å². The van der Waals surface area contributed by atoms with Gasteiger partial charge in [0.2, 0.25) is 5.95 Å². The number of aromatic nitrogens is 3. The van der Waals surface area contributed by atoms with Crippen LogP contribution < -0.4 is 10.6 Å². The van der Waals surface area contributed by atoms with Gasteiger partial charge in [-0.15, -0.1) is 0 Å². The molecule has 0 unspecified atom stereocenters. The molecule has 0 bridgehead atoms. The minimum Gasteiger partial charge on any atom is -0.362 e. The summed E-state index contributed by atoms with van der Waals surface area (Å²) in [7, 11) is 0. The van der Waals surface area contributed by atoms with E-state index in [-0.39, 0.29) is 0 Å². The molecule has 0 saturated carbocycles. The largest absolute Gasteiger partial charge is 0.362 e. The van der Waals surface area contributed by atoms with E-state index in [0.29, 0.717) is 12.5 Å². The van der Waals surface area contributed by atoms with Crippen LogP contribution in [0, 0.1) is 0 Å². The van der Waals surface area contributed by atoms with E-state index in [1.54, 1.807) is 6.20 Å². The van der Waals surface area contributed by atoms with E-state index in [4.69, 9.17) is 4.52 Å². The fourth-order valence-corrected chi connectivity index (χ4v) is 1.95. The van der Waals surface area contributed by atoms with Crippen LogP contribution in [0.15, 0.2) is 41.1 Å². The van der Waals surface area contributed by atoms with Gasteiger partial charge < -0.3 is 15.2 Å². The van der Waals surface area contributed by atoms with Gasteiger partial charge in [0.25, 0.3) is 0 Å². The van der Waals surface area contributed by atoms with Gasteiger partial charge in [-0.3, -0.25) is 0 Å². The number of rotatable bonds is 5. The number of hydrogen-bond donors (Lipinski definition) is 2. The zero-order valence-corrected chi connectivity index (χ0v) is 11.1. The number of para-hydroxylation sites is 1. The Morgan fingerprint density at radius 2 is 2.00 bits per heavy atom. The summed E-state index contributed by atoms with van der Waals surface area (Å²) in [5.41, 5.74) is 0.901.